The number of ketones is 1. The molecule has 8 nitrogen and oxygen atoms in total. The van der Waals surface area contributed by atoms with Gasteiger partial charge in [-0.25, -0.2) is 0 Å². The number of hydrogen-bond donors (Lipinski definition) is 1. The van der Waals surface area contributed by atoms with Gasteiger partial charge in [-0.3, -0.25) is 14.5 Å². The number of aliphatic hydroxyl groups is 1. The van der Waals surface area contributed by atoms with Crippen LogP contribution < -0.4 is 14.4 Å². The van der Waals surface area contributed by atoms with Crippen molar-refractivity contribution in [1.29, 1.82) is 0 Å². The molecule has 158 valence electrons. The number of aliphatic hydroxyl groups excluding tert-OH is 1. The van der Waals surface area contributed by atoms with Gasteiger partial charge < -0.3 is 19.1 Å². The summed E-state index contributed by atoms with van der Waals surface area (Å²) in [5, 5.41) is 15.0. The number of carbonyl (C=O) groups excluding carboxylic acids is 2. The van der Waals surface area contributed by atoms with E-state index in [1.165, 1.54) is 19.1 Å². The monoisotopic (exact) mass is 420 g/mol. The second-order valence-electron chi connectivity index (χ2n) is 6.94. The number of carbonyl (C=O) groups is 2. The van der Waals surface area contributed by atoms with E-state index >= 15 is 0 Å². The molecule has 8 heteroatoms. The first-order valence-corrected chi connectivity index (χ1v) is 9.48. The van der Waals surface area contributed by atoms with Crippen LogP contribution in [0.2, 0.25) is 0 Å². The molecule has 0 bridgehead atoms. The van der Waals surface area contributed by atoms with Crippen molar-refractivity contribution in [3.05, 3.63) is 77.1 Å². The zero-order chi connectivity index (χ0) is 22.1. The van der Waals surface area contributed by atoms with E-state index in [0.717, 1.165) is 0 Å². The van der Waals surface area contributed by atoms with Crippen molar-refractivity contribution in [3.8, 4) is 11.5 Å². The normalized spacial score (nSPS) is 17.8. The molecule has 0 radical (unpaired) electrons. The lowest BCUT2D eigenvalue weighted by Crippen LogP contribution is -2.30. The van der Waals surface area contributed by atoms with Gasteiger partial charge in [-0.2, -0.15) is 0 Å². The van der Waals surface area contributed by atoms with Crippen LogP contribution in [0.25, 0.3) is 5.76 Å². The summed E-state index contributed by atoms with van der Waals surface area (Å²) in [5.41, 5.74) is 0.784. The third-order valence-electron chi connectivity index (χ3n) is 5.09. The van der Waals surface area contributed by atoms with Crippen LogP contribution in [-0.2, 0) is 9.59 Å². The Bertz CT molecular complexity index is 1180. The lowest BCUT2D eigenvalue weighted by Gasteiger charge is -2.24. The van der Waals surface area contributed by atoms with E-state index in [0.29, 0.717) is 28.4 Å². The van der Waals surface area contributed by atoms with Gasteiger partial charge in [0, 0.05) is 17.2 Å². The van der Waals surface area contributed by atoms with Crippen LogP contribution in [0.15, 0.2) is 64.7 Å². The largest absolute Gasteiger partial charge is 0.507 e. The highest BCUT2D eigenvalue weighted by Gasteiger charge is 2.49. The molecule has 0 unspecified atom stereocenters. The molecular weight excluding hydrogens is 400 g/mol. The summed E-state index contributed by atoms with van der Waals surface area (Å²) in [6.07, 6.45) is 0. The number of hydrogen-bond acceptors (Lipinski definition) is 7. The number of methoxy groups -OCH3 is 2. The maximum absolute atomic E-state index is 13.1. The molecule has 1 fully saturated rings. The molecule has 1 amide bonds. The molecule has 1 N–H and O–H groups in total. The second kappa shape index (κ2) is 7.98. The average Bonchev–Trinajstić information content (AvgIpc) is 3.34. The van der Waals surface area contributed by atoms with Gasteiger partial charge in [-0.05, 0) is 25.1 Å². The summed E-state index contributed by atoms with van der Waals surface area (Å²) in [5.74, 6) is -0.429. The van der Waals surface area contributed by atoms with E-state index < -0.39 is 17.7 Å². The lowest BCUT2D eigenvalue weighted by molar-refractivity contribution is -0.132. The molecule has 0 aliphatic carbocycles. The number of ether oxygens (including phenoxy) is 2. The molecule has 0 spiro atoms. The highest BCUT2D eigenvalue weighted by molar-refractivity contribution is 6.51. The van der Waals surface area contributed by atoms with Gasteiger partial charge in [-0.15, -0.1) is 0 Å². The second-order valence-corrected chi connectivity index (χ2v) is 6.94. The van der Waals surface area contributed by atoms with Crippen LogP contribution in [0.5, 0.6) is 11.5 Å². The van der Waals surface area contributed by atoms with Crippen LogP contribution in [0.3, 0.4) is 0 Å². The van der Waals surface area contributed by atoms with E-state index in [1.807, 2.05) is 0 Å². The van der Waals surface area contributed by atoms with E-state index in [1.54, 1.807) is 61.5 Å². The molecule has 4 rings (SSSR count). The Morgan fingerprint density at radius 2 is 1.81 bits per heavy atom. The number of nitrogens with zero attached hydrogens (tertiary/aromatic N) is 2. The zero-order valence-corrected chi connectivity index (χ0v) is 17.2. The molecule has 31 heavy (non-hydrogen) atoms. The Hall–Kier alpha value is -4.07. The molecule has 1 saturated heterocycles. The van der Waals surface area contributed by atoms with Crippen molar-refractivity contribution >= 4 is 23.3 Å². The van der Waals surface area contributed by atoms with Gasteiger partial charge in [-0.1, -0.05) is 35.5 Å². The minimum absolute atomic E-state index is 0.0802. The van der Waals surface area contributed by atoms with Crippen LogP contribution in [0.4, 0.5) is 5.82 Å². The first-order chi connectivity index (χ1) is 15.0. The third-order valence-corrected chi connectivity index (χ3v) is 5.09. The maximum atomic E-state index is 13.1. The molecule has 0 saturated carbocycles. The minimum Gasteiger partial charge on any atom is -0.507 e. The number of aromatic nitrogens is 1. The van der Waals surface area contributed by atoms with Crippen LogP contribution in [0, 0.1) is 6.92 Å². The van der Waals surface area contributed by atoms with Crippen molar-refractivity contribution in [1.82, 2.24) is 5.16 Å². The quantitative estimate of drug-likeness (QED) is 0.382. The predicted molar refractivity (Wildman–Crippen MR) is 112 cm³/mol. The Balaban J connectivity index is 2.01. The highest BCUT2D eigenvalue weighted by Crippen LogP contribution is 2.45. The summed E-state index contributed by atoms with van der Waals surface area (Å²) >= 11 is 0. The van der Waals surface area contributed by atoms with Crippen molar-refractivity contribution in [2.24, 2.45) is 0 Å². The fourth-order valence-corrected chi connectivity index (χ4v) is 3.63. The lowest BCUT2D eigenvalue weighted by atomic mass is 9.94. The fourth-order valence-electron chi connectivity index (χ4n) is 3.63. The number of Topliss-reactive ketones (excluding diaryl/α,β-unsaturated/α-hetero) is 1. The maximum Gasteiger partial charge on any atom is 0.301 e. The van der Waals surface area contributed by atoms with Crippen molar-refractivity contribution in [2.45, 2.75) is 13.0 Å². The smallest absolute Gasteiger partial charge is 0.301 e. The molecule has 1 aliphatic rings. The predicted octanol–water partition coefficient (Wildman–Crippen LogP) is 3.63. The Labute approximate surface area is 178 Å². The van der Waals surface area contributed by atoms with E-state index in [2.05, 4.69) is 5.16 Å². The SMILES string of the molecule is COc1ccc(OC)c([C@@H]2C(=C(O)c3ccccc3)C(=O)C(=O)N2c2cc(C)on2)c1. The number of benzene rings is 2. The fraction of sp³-hybridized carbons (Fsp3) is 0.174. The standard InChI is InChI=1S/C23H20N2O6/c1-13-11-18(24-31-13)25-20(16-12-15(29-2)9-10-17(16)30-3)19(22(27)23(25)28)21(26)14-7-5-4-6-8-14/h4-12,20,26H,1-3H3/t20-/m1/s1. The van der Waals surface area contributed by atoms with Gasteiger partial charge in [0.2, 0.25) is 0 Å². The van der Waals surface area contributed by atoms with Crippen molar-refractivity contribution in [2.75, 3.05) is 19.1 Å². The topological polar surface area (TPSA) is 102 Å². The van der Waals surface area contributed by atoms with Crippen LogP contribution in [0.1, 0.15) is 22.9 Å². The summed E-state index contributed by atoms with van der Waals surface area (Å²) in [7, 11) is 2.99. The Morgan fingerprint density at radius 1 is 1.06 bits per heavy atom. The number of rotatable bonds is 5. The molecular formula is C23H20N2O6. The van der Waals surface area contributed by atoms with Crippen molar-refractivity contribution < 1.29 is 28.7 Å². The van der Waals surface area contributed by atoms with Crippen LogP contribution in [-0.4, -0.2) is 36.2 Å². The molecule has 2 heterocycles. The Morgan fingerprint density at radius 3 is 2.42 bits per heavy atom. The summed E-state index contributed by atoms with van der Waals surface area (Å²) in [4.78, 5) is 27.4. The molecule has 3 aromatic rings. The summed E-state index contributed by atoms with van der Waals surface area (Å²) in [6, 6.07) is 14.1. The Kier molecular flexibility index (Phi) is 5.21. The summed E-state index contributed by atoms with van der Waals surface area (Å²) in [6.45, 7) is 1.68. The first-order valence-electron chi connectivity index (χ1n) is 9.48. The van der Waals surface area contributed by atoms with E-state index in [-0.39, 0.29) is 17.2 Å². The van der Waals surface area contributed by atoms with Gasteiger partial charge in [0.25, 0.3) is 5.78 Å². The van der Waals surface area contributed by atoms with Gasteiger partial charge in [0.15, 0.2) is 5.82 Å². The van der Waals surface area contributed by atoms with Gasteiger partial charge in [0.1, 0.15) is 29.1 Å². The van der Waals surface area contributed by atoms with Gasteiger partial charge >= 0.3 is 5.91 Å². The third kappa shape index (κ3) is 3.42. The number of aryl methyl sites for hydroxylation is 1. The minimum atomic E-state index is -1.00. The number of anilines is 1. The number of amides is 1. The highest BCUT2D eigenvalue weighted by atomic mass is 16.5. The molecule has 2 aromatic carbocycles. The molecule has 1 atom stereocenters. The first kappa shape index (κ1) is 20.2. The molecule has 1 aromatic heterocycles. The average molecular weight is 420 g/mol. The van der Waals surface area contributed by atoms with E-state index in [4.69, 9.17) is 14.0 Å². The van der Waals surface area contributed by atoms with Crippen LogP contribution >= 0.6 is 0 Å². The van der Waals surface area contributed by atoms with Gasteiger partial charge in [0.05, 0.1) is 19.8 Å². The molecule has 1 aliphatic heterocycles. The van der Waals surface area contributed by atoms with Crippen molar-refractivity contribution in [3.63, 3.8) is 0 Å². The summed E-state index contributed by atoms with van der Waals surface area (Å²) < 4.78 is 16.0. The zero-order valence-electron chi connectivity index (χ0n) is 17.2. The van der Waals surface area contributed by atoms with E-state index in [9.17, 15) is 14.7 Å².